The molecule has 1 heterocycles. The third-order valence-electron chi connectivity index (χ3n) is 9.60. The number of nitrogens with one attached hydrogen (secondary N) is 3. The molecule has 2 aliphatic rings. The normalized spacial score (nSPS) is 14.3. The summed E-state index contributed by atoms with van der Waals surface area (Å²) in [5.74, 6) is -2.94. The van der Waals surface area contributed by atoms with E-state index >= 15 is 0 Å². The summed E-state index contributed by atoms with van der Waals surface area (Å²) in [7, 11) is 3.03. The van der Waals surface area contributed by atoms with E-state index in [1.807, 2.05) is 0 Å². The first kappa shape index (κ1) is 50.9. The maximum atomic E-state index is 14.5. The lowest BCUT2D eigenvalue weighted by Gasteiger charge is -2.16. The van der Waals surface area contributed by atoms with Crippen molar-refractivity contribution in [3.8, 4) is 0 Å². The van der Waals surface area contributed by atoms with Crippen LogP contribution in [0.1, 0.15) is 67.9 Å². The molecule has 0 radical (unpaired) electrons. The molecule has 0 unspecified atom stereocenters. The predicted molar refractivity (Wildman–Crippen MR) is 232 cm³/mol. The average molecular weight is 954 g/mol. The minimum absolute atomic E-state index is 0. The molecule has 2 aliphatic carbocycles. The fourth-order valence-corrected chi connectivity index (χ4v) is 7.00. The number of rotatable bonds is 11. The molecule has 2 atom stereocenters. The zero-order valence-corrected chi connectivity index (χ0v) is 36.6. The molecule has 64 heavy (non-hydrogen) atoms. The predicted octanol–water partition coefficient (Wildman–Crippen LogP) is 8.98. The monoisotopic (exact) mass is 952 g/mol. The van der Waals surface area contributed by atoms with Crippen LogP contribution in [0, 0.1) is 23.3 Å². The maximum absolute atomic E-state index is 14.5. The average Bonchev–Trinajstić information content (AvgIpc) is 4.04. The van der Waals surface area contributed by atoms with Crippen LogP contribution in [0.3, 0.4) is 0 Å². The van der Waals surface area contributed by atoms with Gasteiger partial charge in [0.15, 0.2) is 0 Å². The van der Waals surface area contributed by atoms with Gasteiger partial charge in [0, 0.05) is 66.3 Å². The molecule has 1 aromatic heterocycles. The number of aromatic nitrogens is 2. The quantitative estimate of drug-likeness (QED) is 0.0736. The number of alkyl carbamates (subject to hydrolysis) is 1. The Labute approximate surface area is 381 Å². The number of carbonyl (C=O) groups excluding carboxylic acids is 4. The summed E-state index contributed by atoms with van der Waals surface area (Å²) in [6, 6.07) is 12.0. The van der Waals surface area contributed by atoms with E-state index in [2.05, 4.69) is 20.9 Å². The molecule has 14 nitrogen and oxygen atoms in total. The van der Waals surface area contributed by atoms with E-state index in [1.54, 1.807) is 7.11 Å². The van der Waals surface area contributed by atoms with Gasteiger partial charge in [0.25, 0.3) is 11.8 Å². The number of nitrogens with two attached hydrogens (primary N) is 1. The molecule has 4 aromatic carbocycles. The van der Waals surface area contributed by atoms with Gasteiger partial charge in [0.1, 0.15) is 42.8 Å². The molecule has 5 aromatic rings. The second kappa shape index (κ2) is 24.3. The summed E-state index contributed by atoms with van der Waals surface area (Å²) < 4.78 is 75.2. The van der Waals surface area contributed by atoms with Crippen molar-refractivity contribution in [2.45, 2.75) is 37.8 Å². The van der Waals surface area contributed by atoms with E-state index in [-0.39, 0.29) is 65.3 Å². The van der Waals surface area contributed by atoms with Gasteiger partial charge in [0.2, 0.25) is 0 Å². The lowest BCUT2D eigenvalue weighted by Crippen LogP contribution is -2.29. The number of benzene rings is 4. The van der Waals surface area contributed by atoms with Crippen molar-refractivity contribution < 1.29 is 55.7 Å². The van der Waals surface area contributed by atoms with Crippen molar-refractivity contribution in [2.75, 3.05) is 51.3 Å². The van der Waals surface area contributed by atoms with E-state index in [0.717, 1.165) is 6.07 Å². The molecule has 3 amide bonds. The molecule has 342 valence electrons. The highest BCUT2D eigenvalue weighted by molar-refractivity contribution is 6.31. The Morgan fingerprint density at radius 2 is 1.22 bits per heavy atom. The minimum Gasteiger partial charge on any atom is -0.447 e. The second-order valence-electron chi connectivity index (χ2n) is 13.7. The maximum Gasteiger partial charge on any atom is 0.419 e. The highest BCUT2D eigenvalue weighted by Crippen LogP contribution is 2.37. The van der Waals surface area contributed by atoms with Crippen molar-refractivity contribution in [3.05, 3.63) is 146 Å². The summed E-state index contributed by atoms with van der Waals surface area (Å²) in [4.78, 5) is 51.7. The second-order valence-corrected chi connectivity index (χ2v) is 14.5. The number of hydrogen-bond donors (Lipinski definition) is 4. The highest BCUT2D eigenvalue weighted by Gasteiger charge is 2.32. The smallest absolute Gasteiger partial charge is 0.419 e. The Kier molecular flexibility index (Phi) is 19.4. The van der Waals surface area contributed by atoms with Crippen LogP contribution in [0.4, 0.5) is 38.5 Å². The number of fused-ring (bicyclic) bond motifs is 2. The molecule has 0 fully saturated rings. The van der Waals surface area contributed by atoms with E-state index in [9.17, 15) is 36.7 Å². The minimum atomic E-state index is -0.685. The van der Waals surface area contributed by atoms with E-state index in [4.69, 9.17) is 47.9 Å². The van der Waals surface area contributed by atoms with Crippen LogP contribution in [0.15, 0.2) is 79.4 Å². The van der Waals surface area contributed by atoms with Gasteiger partial charge in [-0.2, -0.15) is 0 Å². The van der Waals surface area contributed by atoms with Crippen LogP contribution in [-0.4, -0.2) is 74.2 Å². The standard InChI is InChI=1S/C20H19ClF2N2O4.C16H13ClF2N2O.C7H10N2O3.ClH/c1-28-8-9-29-20(27)25-17-7-4-12-13(3-6-16(23)18(12)17)19(26)24-11-2-5-15(22)14(21)10-11;17-11-7-8(1-4-12(11)18)21-16(22)10-2-5-13(19)15-9(10)3-6-14(15)20;1-11-4-5-12-7(10)9-3-2-8-6-9;/h2-3,5-6,10,17H,4,7-9H2,1H3,(H,24,26)(H,25,27);1-2,4-5,7,14H,3,6,20H2,(H,21,22);2-3,6H,4-5H2,1H3;1H/t17-;14-;;/m00../s1. The van der Waals surface area contributed by atoms with Gasteiger partial charge < -0.3 is 40.6 Å². The van der Waals surface area contributed by atoms with Crippen molar-refractivity contribution >= 4 is 71.0 Å². The fourth-order valence-electron chi connectivity index (χ4n) is 6.64. The number of nitrogens with zero attached hydrogens (tertiary/aromatic N) is 2. The topological polar surface area (TPSA) is 185 Å². The van der Waals surface area contributed by atoms with Crippen molar-refractivity contribution in [3.63, 3.8) is 0 Å². The Hall–Kier alpha value is -5.76. The van der Waals surface area contributed by atoms with Crippen molar-refractivity contribution in [2.24, 2.45) is 5.73 Å². The molecular formula is C43H43Cl3F4N6O8. The number of anilines is 2. The first-order chi connectivity index (χ1) is 30.2. The lowest BCUT2D eigenvalue weighted by molar-refractivity contribution is 0.0962. The Balaban J connectivity index is 0.000000226. The molecule has 0 saturated heterocycles. The van der Waals surface area contributed by atoms with Gasteiger partial charge >= 0.3 is 12.2 Å². The molecule has 0 bridgehead atoms. The van der Waals surface area contributed by atoms with Gasteiger partial charge in [-0.05, 0) is 97.5 Å². The first-order valence-corrected chi connectivity index (χ1v) is 19.9. The SMILES string of the molecule is COCCOC(=O)N[C@H]1CCc2c(C(=O)Nc3ccc(F)c(Cl)c3)ccc(F)c21.COCCOC(=O)n1ccnc1.Cl.N[C@H]1CCc2c(C(=O)Nc3ccc(F)c(Cl)c3)ccc(F)c21. The van der Waals surface area contributed by atoms with Gasteiger partial charge in [-0.3, -0.25) is 9.59 Å². The molecule has 7 rings (SSSR count). The van der Waals surface area contributed by atoms with Crippen LogP contribution in [-0.2, 0) is 31.8 Å². The number of amides is 3. The van der Waals surface area contributed by atoms with Crippen LogP contribution < -0.4 is 21.7 Å². The number of ether oxygens (including phenoxy) is 4. The van der Waals surface area contributed by atoms with E-state index in [0.29, 0.717) is 65.9 Å². The van der Waals surface area contributed by atoms with Gasteiger partial charge in [-0.1, -0.05) is 23.2 Å². The van der Waals surface area contributed by atoms with Crippen LogP contribution in [0.5, 0.6) is 0 Å². The highest BCUT2D eigenvalue weighted by atomic mass is 35.5. The lowest BCUT2D eigenvalue weighted by atomic mass is 10.0. The van der Waals surface area contributed by atoms with Crippen molar-refractivity contribution in [1.29, 1.82) is 0 Å². The zero-order valence-electron chi connectivity index (χ0n) is 34.2. The number of carbonyl (C=O) groups is 4. The summed E-state index contributed by atoms with van der Waals surface area (Å²) in [5.41, 5.74) is 9.04. The van der Waals surface area contributed by atoms with Gasteiger partial charge in [-0.15, -0.1) is 12.4 Å². The number of halogens is 7. The number of hydrogen-bond acceptors (Lipinski definition) is 10. The van der Waals surface area contributed by atoms with E-state index in [1.165, 1.54) is 85.0 Å². The summed E-state index contributed by atoms with van der Waals surface area (Å²) >= 11 is 11.4. The summed E-state index contributed by atoms with van der Waals surface area (Å²) in [6.07, 6.45) is 5.29. The van der Waals surface area contributed by atoms with Crippen LogP contribution >= 0.6 is 35.6 Å². The van der Waals surface area contributed by atoms with Gasteiger partial charge in [0.05, 0.1) is 29.3 Å². The van der Waals surface area contributed by atoms with Gasteiger partial charge in [-0.25, -0.2) is 36.7 Å². The molecular weight excluding hydrogens is 911 g/mol. The van der Waals surface area contributed by atoms with E-state index < -0.39 is 47.5 Å². The van der Waals surface area contributed by atoms with Crippen molar-refractivity contribution in [1.82, 2.24) is 14.9 Å². The molecule has 0 saturated carbocycles. The molecule has 0 spiro atoms. The molecule has 5 N–H and O–H groups in total. The Morgan fingerprint density at radius 1 is 0.719 bits per heavy atom. The first-order valence-electron chi connectivity index (χ1n) is 19.2. The third kappa shape index (κ3) is 13.4. The van der Waals surface area contributed by atoms with Crippen LogP contribution in [0.25, 0.3) is 0 Å². The summed E-state index contributed by atoms with van der Waals surface area (Å²) in [5, 5.41) is 7.68. The molecule has 0 aliphatic heterocycles. The largest absolute Gasteiger partial charge is 0.447 e. The Morgan fingerprint density at radius 3 is 1.73 bits per heavy atom. The fraction of sp³-hybridized carbons (Fsp3) is 0.279. The number of methoxy groups -OCH3 is 2. The number of imidazole rings is 1. The zero-order chi connectivity index (χ0) is 45.6. The third-order valence-corrected chi connectivity index (χ3v) is 10.2. The molecule has 21 heteroatoms. The Bertz CT molecular complexity index is 2430. The van der Waals surface area contributed by atoms with Crippen LogP contribution in [0.2, 0.25) is 10.0 Å². The summed E-state index contributed by atoms with van der Waals surface area (Å²) in [6.45, 7) is 0.988.